The van der Waals surface area contributed by atoms with Gasteiger partial charge in [0.2, 0.25) is 0 Å². The van der Waals surface area contributed by atoms with Crippen molar-refractivity contribution < 1.29 is 18.4 Å². The van der Waals surface area contributed by atoms with Crippen molar-refractivity contribution in [3.63, 3.8) is 0 Å². The largest absolute Gasteiger partial charge is 0.467 e. The van der Waals surface area contributed by atoms with Crippen molar-refractivity contribution >= 4 is 29.1 Å². The fraction of sp³-hybridized carbons (Fsp3) is 0.211. The van der Waals surface area contributed by atoms with Crippen LogP contribution in [0.25, 0.3) is 11.8 Å². The molecule has 0 aromatic carbocycles. The van der Waals surface area contributed by atoms with Gasteiger partial charge in [-0.3, -0.25) is 9.36 Å². The Kier molecular flexibility index (Phi) is 4.41. The van der Waals surface area contributed by atoms with Gasteiger partial charge in [0, 0.05) is 11.8 Å². The second kappa shape index (κ2) is 6.88. The first-order chi connectivity index (χ1) is 13.1. The minimum Gasteiger partial charge on any atom is -0.467 e. The van der Waals surface area contributed by atoms with Gasteiger partial charge in [0.15, 0.2) is 4.80 Å². The first-order valence-electron chi connectivity index (χ1n) is 8.36. The third kappa shape index (κ3) is 2.97. The van der Waals surface area contributed by atoms with E-state index in [4.69, 9.17) is 13.6 Å². The molecule has 1 atom stereocenters. The molecule has 7 nitrogen and oxygen atoms in total. The average molecular weight is 384 g/mol. The Bertz CT molecular complexity index is 1180. The van der Waals surface area contributed by atoms with Crippen molar-refractivity contribution in [2.45, 2.75) is 19.9 Å². The van der Waals surface area contributed by atoms with E-state index in [9.17, 15) is 9.59 Å². The predicted octanol–water partition coefficient (Wildman–Crippen LogP) is 2.09. The number of thiazole rings is 1. The molecular weight excluding hydrogens is 368 g/mol. The summed E-state index contributed by atoms with van der Waals surface area (Å²) in [6.07, 6.45) is 4.72. The lowest BCUT2D eigenvalue weighted by Gasteiger charge is -2.20. The monoisotopic (exact) mass is 384 g/mol. The van der Waals surface area contributed by atoms with Crippen LogP contribution in [0.2, 0.25) is 0 Å². The zero-order valence-corrected chi connectivity index (χ0v) is 15.5. The van der Waals surface area contributed by atoms with E-state index in [2.05, 4.69) is 4.99 Å². The molecule has 138 valence electrons. The summed E-state index contributed by atoms with van der Waals surface area (Å²) in [5.41, 5.74) is 0.524. The van der Waals surface area contributed by atoms with E-state index in [1.54, 1.807) is 44.2 Å². The Morgan fingerprint density at radius 3 is 2.78 bits per heavy atom. The minimum absolute atomic E-state index is 0.226. The topological polar surface area (TPSA) is 86.9 Å². The predicted molar refractivity (Wildman–Crippen MR) is 98.6 cm³/mol. The molecular formula is C19H16N2O5S. The summed E-state index contributed by atoms with van der Waals surface area (Å²) in [4.78, 5) is 30.6. The number of ether oxygens (including phenoxy) is 1. The maximum Gasteiger partial charge on any atom is 0.338 e. The molecule has 4 rings (SSSR count). The van der Waals surface area contributed by atoms with Crippen LogP contribution < -0.4 is 14.9 Å². The van der Waals surface area contributed by atoms with Gasteiger partial charge in [-0.05, 0) is 38.1 Å². The molecule has 0 fully saturated rings. The molecule has 0 spiro atoms. The summed E-state index contributed by atoms with van der Waals surface area (Å²) in [7, 11) is 0. The van der Waals surface area contributed by atoms with Gasteiger partial charge in [-0.25, -0.2) is 9.79 Å². The molecule has 0 saturated carbocycles. The van der Waals surface area contributed by atoms with Crippen molar-refractivity contribution in [3.05, 3.63) is 73.6 Å². The molecule has 4 heterocycles. The SMILES string of the molecule is CCOC(=O)C1=C(C)n2c(s/c(=C/c3ccco3)c2=O)=N[C@@H]1c1ccco1. The Balaban J connectivity index is 1.96. The number of hydrogen-bond donors (Lipinski definition) is 0. The van der Waals surface area contributed by atoms with Gasteiger partial charge in [-0.1, -0.05) is 11.3 Å². The van der Waals surface area contributed by atoms with E-state index in [0.29, 0.717) is 32.1 Å². The zero-order chi connectivity index (χ0) is 19.0. The number of rotatable bonds is 4. The van der Waals surface area contributed by atoms with Crippen LogP contribution in [0.5, 0.6) is 0 Å². The Labute approximate surface area is 157 Å². The minimum atomic E-state index is -0.659. The highest BCUT2D eigenvalue weighted by Crippen LogP contribution is 2.32. The number of fused-ring (bicyclic) bond motifs is 1. The van der Waals surface area contributed by atoms with E-state index in [-0.39, 0.29) is 12.2 Å². The number of allylic oxidation sites excluding steroid dienone is 1. The number of carbonyl (C=O) groups is 1. The van der Waals surface area contributed by atoms with E-state index < -0.39 is 12.0 Å². The van der Waals surface area contributed by atoms with E-state index in [1.807, 2.05) is 0 Å². The third-order valence-corrected chi connectivity index (χ3v) is 5.15. The van der Waals surface area contributed by atoms with Gasteiger partial charge < -0.3 is 13.6 Å². The molecule has 1 aliphatic heterocycles. The average Bonchev–Trinajstić information content (AvgIpc) is 3.38. The summed E-state index contributed by atoms with van der Waals surface area (Å²) >= 11 is 1.23. The van der Waals surface area contributed by atoms with Crippen LogP contribution >= 0.6 is 11.3 Å². The number of esters is 1. The Morgan fingerprint density at radius 1 is 1.33 bits per heavy atom. The van der Waals surface area contributed by atoms with Gasteiger partial charge in [0.25, 0.3) is 5.56 Å². The second-order valence-electron chi connectivity index (χ2n) is 5.82. The van der Waals surface area contributed by atoms with Gasteiger partial charge in [-0.15, -0.1) is 0 Å². The van der Waals surface area contributed by atoms with Crippen LogP contribution in [0.1, 0.15) is 31.4 Å². The smallest absolute Gasteiger partial charge is 0.338 e. The normalized spacial score (nSPS) is 17.0. The zero-order valence-electron chi connectivity index (χ0n) is 14.7. The molecule has 0 unspecified atom stereocenters. The number of nitrogens with zero attached hydrogens (tertiary/aromatic N) is 2. The lowest BCUT2D eigenvalue weighted by Crippen LogP contribution is -2.35. The van der Waals surface area contributed by atoms with E-state index in [1.165, 1.54) is 28.4 Å². The molecule has 0 radical (unpaired) electrons. The summed E-state index contributed by atoms with van der Waals surface area (Å²) in [5.74, 6) is 0.572. The fourth-order valence-electron chi connectivity index (χ4n) is 2.97. The van der Waals surface area contributed by atoms with Crippen molar-refractivity contribution in [3.8, 4) is 0 Å². The standard InChI is InChI=1S/C19H16N2O5S/c1-3-24-18(23)15-11(2)21-17(22)14(10-12-6-4-8-25-12)27-19(21)20-16(15)13-7-5-9-26-13/h4-10,16H,3H2,1-2H3/b14-10+/t16-/m1/s1. The van der Waals surface area contributed by atoms with Gasteiger partial charge in [0.05, 0.1) is 24.7 Å². The molecule has 0 aliphatic carbocycles. The molecule has 1 aliphatic rings. The summed E-state index contributed by atoms with van der Waals surface area (Å²) in [6.45, 7) is 3.67. The van der Waals surface area contributed by atoms with Crippen LogP contribution in [0.4, 0.5) is 0 Å². The highest BCUT2D eigenvalue weighted by molar-refractivity contribution is 7.07. The third-order valence-electron chi connectivity index (χ3n) is 4.17. The first-order valence-corrected chi connectivity index (χ1v) is 9.18. The molecule has 8 heteroatoms. The van der Waals surface area contributed by atoms with E-state index in [0.717, 1.165) is 0 Å². The van der Waals surface area contributed by atoms with Crippen LogP contribution in [0, 0.1) is 0 Å². The molecule has 0 saturated heterocycles. The van der Waals surface area contributed by atoms with Gasteiger partial charge in [0.1, 0.15) is 22.1 Å². The quantitative estimate of drug-likeness (QED) is 0.643. The summed E-state index contributed by atoms with van der Waals surface area (Å²) in [6, 6.07) is 6.33. The second-order valence-corrected chi connectivity index (χ2v) is 6.82. The first kappa shape index (κ1) is 17.3. The maximum atomic E-state index is 12.9. The van der Waals surface area contributed by atoms with Crippen molar-refractivity contribution in [2.75, 3.05) is 6.61 Å². The molecule has 3 aromatic rings. The lowest BCUT2D eigenvalue weighted by atomic mass is 10.0. The molecule has 0 N–H and O–H groups in total. The maximum absolute atomic E-state index is 12.9. The molecule has 3 aromatic heterocycles. The van der Waals surface area contributed by atoms with Gasteiger partial charge in [-0.2, -0.15) is 0 Å². The van der Waals surface area contributed by atoms with Crippen molar-refractivity contribution in [1.82, 2.24) is 4.57 Å². The van der Waals surface area contributed by atoms with Crippen LogP contribution in [0.15, 0.2) is 61.0 Å². The molecule has 27 heavy (non-hydrogen) atoms. The van der Waals surface area contributed by atoms with Crippen LogP contribution in [-0.2, 0) is 9.53 Å². The summed E-state index contributed by atoms with van der Waals surface area (Å²) < 4.78 is 17.9. The van der Waals surface area contributed by atoms with Crippen molar-refractivity contribution in [1.29, 1.82) is 0 Å². The number of aromatic nitrogens is 1. The Morgan fingerprint density at radius 2 is 2.11 bits per heavy atom. The van der Waals surface area contributed by atoms with E-state index >= 15 is 0 Å². The molecule has 0 amide bonds. The van der Waals surface area contributed by atoms with Gasteiger partial charge >= 0.3 is 5.97 Å². The highest BCUT2D eigenvalue weighted by atomic mass is 32.1. The van der Waals surface area contributed by atoms with Crippen LogP contribution in [-0.4, -0.2) is 17.1 Å². The van der Waals surface area contributed by atoms with Crippen LogP contribution in [0.3, 0.4) is 0 Å². The highest BCUT2D eigenvalue weighted by Gasteiger charge is 2.32. The van der Waals surface area contributed by atoms with Crippen molar-refractivity contribution in [2.24, 2.45) is 4.99 Å². The number of carbonyl (C=O) groups excluding carboxylic acids is 1. The number of furan rings is 2. The molecule has 0 bridgehead atoms. The Hall–Kier alpha value is -3.13. The lowest BCUT2D eigenvalue weighted by molar-refractivity contribution is -0.138. The fourth-order valence-corrected chi connectivity index (χ4v) is 3.99. The summed E-state index contributed by atoms with van der Waals surface area (Å²) in [5, 5.41) is 0. The number of hydrogen-bond acceptors (Lipinski definition) is 7.